The molecule has 0 bridgehead atoms. The second kappa shape index (κ2) is 28.7. The first kappa shape index (κ1) is 69.8. The molecule has 8 heteroatoms. The molecule has 0 aliphatic carbocycles. The second-order valence-electron chi connectivity index (χ2n) is 31.5. The average molecular weight is 1550 g/mol. The van der Waals surface area contributed by atoms with Crippen LogP contribution < -0.4 is 0 Å². The Labute approximate surface area is 703 Å². The summed E-state index contributed by atoms with van der Waals surface area (Å²) in [6, 6.07) is 154. The van der Waals surface area contributed by atoms with Crippen LogP contribution in [-0.4, -0.2) is 39.0 Å². The number of benzene rings is 20. The van der Waals surface area contributed by atoms with Gasteiger partial charge in [-0.3, -0.25) is 9.13 Å². The molecule has 0 unspecified atom stereocenters. The van der Waals surface area contributed by atoms with Crippen LogP contribution in [0.3, 0.4) is 0 Å². The van der Waals surface area contributed by atoms with Gasteiger partial charge < -0.3 is 0 Å². The van der Waals surface area contributed by atoms with Gasteiger partial charge in [0.1, 0.15) is 0 Å². The van der Waals surface area contributed by atoms with E-state index in [4.69, 9.17) is 29.9 Å². The van der Waals surface area contributed by atoms with E-state index in [-0.39, 0.29) is 0 Å². The van der Waals surface area contributed by atoms with Crippen molar-refractivity contribution in [1.29, 1.82) is 0 Å². The number of para-hydroxylation sites is 2. The molecule has 566 valence electrons. The van der Waals surface area contributed by atoms with E-state index >= 15 is 0 Å². The quantitative estimate of drug-likeness (QED) is 0.0796. The molecule has 24 rings (SSSR count). The summed E-state index contributed by atoms with van der Waals surface area (Å²) in [7, 11) is 0. The normalized spacial score (nSPS) is 11.8. The number of nitrogens with zero attached hydrogens (tertiary/aromatic N) is 8. The summed E-state index contributed by atoms with van der Waals surface area (Å²) in [6.07, 6.45) is 0. The lowest BCUT2D eigenvalue weighted by Crippen LogP contribution is -2.06. The highest BCUT2D eigenvalue weighted by Crippen LogP contribution is 2.58. The van der Waals surface area contributed by atoms with Gasteiger partial charge >= 0.3 is 0 Å². The molecule has 20 aromatic carbocycles. The van der Waals surface area contributed by atoms with Crippen molar-refractivity contribution in [1.82, 2.24) is 39.0 Å². The minimum Gasteiger partial charge on any atom is -0.278 e. The molecule has 0 saturated carbocycles. The van der Waals surface area contributed by atoms with Gasteiger partial charge in [0.05, 0.1) is 22.1 Å². The lowest BCUT2D eigenvalue weighted by molar-refractivity contribution is 0.953. The first-order chi connectivity index (χ1) is 60.5. The van der Waals surface area contributed by atoms with Crippen molar-refractivity contribution in [2.75, 3.05) is 0 Å². The predicted octanol–water partition coefficient (Wildman–Crippen LogP) is 29.5. The summed E-state index contributed by atoms with van der Waals surface area (Å²) in [5.74, 6) is 3.54. The standard InChI is InChI=1S/C114H70N8/c1-9-31-73(32-10-1)91-69-93-87-49-29-51-89-105(87)106-88(94(93)70-92(91)74-33-11-2-12-34-74)50-30-52-90(106)108-104(78-61-57-72(58-62-78)84-64-66-100-96(68-84)86-48-26-28-54-98(86)122(100)114-119-111(81-43-21-7-22-44-81)116-112(120-114)82-45-23-8-24-46-82)102(76-37-15-4-16-38-76)101(75-35-13-3-14-36-75)103(107(89)108)77-59-55-71(56-60-77)83-63-65-99-95(67-83)85-47-25-27-53-97(85)121(99)113-117-109(79-39-17-5-18-40-79)115-110(118-113)80-41-19-6-20-42-80/h1-70H. The Morgan fingerprint density at radius 1 is 0.139 bits per heavy atom. The third kappa shape index (κ3) is 11.5. The summed E-state index contributed by atoms with van der Waals surface area (Å²) < 4.78 is 4.40. The second-order valence-corrected chi connectivity index (χ2v) is 31.5. The van der Waals surface area contributed by atoms with E-state index in [2.05, 4.69) is 361 Å². The number of rotatable bonds is 14. The Bertz CT molecular complexity index is 7630. The van der Waals surface area contributed by atoms with Gasteiger partial charge in [0.2, 0.25) is 11.9 Å². The molecular formula is C114H70N8. The maximum Gasteiger partial charge on any atom is 0.238 e. The van der Waals surface area contributed by atoms with Crippen molar-refractivity contribution < 1.29 is 0 Å². The van der Waals surface area contributed by atoms with Gasteiger partial charge in [0.15, 0.2) is 23.3 Å². The van der Waals surface area contributed by atoms with Gasteiger partial charge in [0.25, 0.3) is 0 Å². The maximum absolute atomic E-state index is 5.27. The molecule has 0 N–H and O–H groups in total. The Kier molecular flexibility index (Phi) is 16.5. The minimum absolute atomic E-state index is 0.554. The van der Waals surface area contributed by atoms with E-state index in [9.17, 15) is 0 Å². The zero-order chi connectivity index (χ0) is 80.3. The van der Waals surface area contributed by atoms with Crippen molar-refractivity contribution >= 4 is 97.5 Å². The molecule has 0 amide bonds. The third-order valence-electron chi connectivity index (χ3n) is 24.6. The third-order valence-corrected chi connectivity index (χ3v) is 24.6. The van der Waals surface area contributed by atoms with E-state index < -0.39 is 0 Å². The van der Waals surface area contributed by atoms with Crippen LogP contribution in [0.25, 0.3) is 244 Å². The lowest BCUT2D eigenvalue weighted by Gasteiger charge is -2.27. The first-order valence-corrected chi connectivity index (χ1v) is 41.5. The molecule has 122 heavy (non-hydrogen) atoms. The van der Waals surface area contributed by atoms with E-state index in [0.29, 0.717) is 35.2 Å². The van der Waals surface area contributed by atoms with E-state index in [1.165, 1.54) is 76.1 Å². The molecular weight excluding hydrogens is 1480 g/mol. The zero-order valence-corrected chi connectivity index (χ0v) is 66.0. The van der Waals surface area contributed by atoms with Gasteiger partial charge in [0, 0.05) is 43.8 Å². The predicted molar refractivity (Wildman–Crippen MR) is 506 cm³/mol. The van der Waals surface area contributed by atoms with Crippen LogP contribution in [0.4, 0.5) is 0 Å². The number of hydrogen-bond acceptors (Lipinski definition) is 6. The molecule has 4 heterocycles. The van der Waals surface area contributed by atoms with Gasteiger partial charge in [-0.25, -0.2) is 9.97 Å². The maximum atomic E-state index is 5.27. The highest BCUT2D eigenvalue weighted by molar-refractivity contribution is 6.44. The zero-order valence-electron chi connectivity index (χ0n) is 66.0. The van der Waals surface area contributed by atoms with Crippen LogP contribution in [0.15, 0.2) is 425 Å². The van der Waals surface area contributed by atoms with Crippen molar-refractivity contribution in [3.8, 4) is 146 Å². The highest BCUT2D eigenvalue weighted by atomic mass is 15.2. The molecule has 0 radical (unpaired) electrons. The fourth-order valence-corrected chi connectivity index (χ4v) is 19.1. The van der Waals surface area contributed by atoms with Crippen molar-refractivity contribution in [2.24, 2.45) is 0 Å². The molecule has 0 fully saturated rings. The van der Waals surface area contributed by atoms with Crippen LogP contribution >= 0.6 is 0 Å². The van der Waals surface area contributed by atoms with Gasteiger partial charge in [-0.2, -0.15) is 19.9 Å². The first-order valence-electron chi connectivity index (χ1n) is 41.5. The molecule has 24 aromatic rings. The number of fused-ring (bicyclic) bond motifs is 12. The van der Waals surface area contributed by atoms with Crippen LogP contribution in [0.2, 0.25) is 0 Å². The summed E-state index contributed by atoms with van der Waals surface area (Å²) in [5, 5.41) is 16.5. The monoisotopic (exact) mass is 1550 g/mol. The lowest BCUT2D eigenvalue weighted by atomic mass is 9.75. The van der Waals surface area contributed by atoms with Crippen molar-refractivity contribution in [2.45, 2.75) is 0 Å². The van der Waals surface area contributed by atoms with Crippen LogP contribution in [-0.2, 0) is 0 Å². The molecule has 0 saturated heterocycles. The van der Waals surface area contributed by atoms with Crippen LogP contribution in [0, 0.1) is 0 Å². The number of aromatic nitrogens is 8. The van der Waals surface area contributed by atoms with Crippen LogP contribution in [0.5, 0.6) is 0 Å². The van der Waals surface area contributed by atoms with Gasteiger partial charge in [-0.1, -0.05) is 376 Å². The van der Waals surface area contributed by atoms with E-state index in [0.717, 1.165) is 133 Å². The summed E-state index contributed by atoms with van der Waals surface area (Å²) in [6.45, 7) is 0. The molecule has 0 aliphatic heterocycles. The average Bonchev–Trinajstić information content (AvgIpc) is 0.865. The summed E-state index contributed by atoms with van der Waals surface area (Å²) >= 11 is 0. The largest absolute Gasteiger partial charge is 0.278 e. The SMILES string of the molecule is c1ccc(-c2nc(-c3ccccc3)nc(-n3c4ccccc4c4cc(-c5ccc(-c6c(-c7ccccc7)c(-c7ccccc7)c(-c7ccc(-c8ccc9c(c8)c8ccccc8n9-c8nc(-c9ccccc9)nc(-c9ccccc9)n8)cc7)c7c8cccc9c%10cc(-c%11ccccc%11)c(-c%11ccccc%11)cc%10c%10cccc(c67)c%10c98)cc5)ccc43)n2)cc1. The fraction of sp³-hybridized carbons (Fsp3) is 0. The summed E-state index contributed by atoms with van der Waals surface area (Å²) in [5.41, 5.74) is 25.9. The Morgan fingerprint density at radius 2 is 0.393 bits per heavy atom. The smallest absolute Gasteiger partial charge is 0.238 e. The molecule has 0 atom stereocenters. The van der Waals surface area contributed by atoms with E-state index in [1.54, 1.807) is 0 Å². The van der Waals surface area contributed by atoms with Crippen molar-refractivity contribution in [3.05, 3.63) is 425 Å². The van der Waals surface area contributed by atoms with Gasteiger partial charge in [-0.15, -0.1) is 0 Å². The Morgan fingerprint density at radius 3 is 0.730 bits per heavy atom. The van der Waals surface area contributed by atoms with Crippen LogP contribution in [0.1, 0.15) is 0 Å². The summed E-state index contributed by atoms with van der Waals surface area (Å²) in [4.78, 5) is 31.2. The number of hydrogen-bond donors (Lipinski definition) is 0. The van der Waals surface area contributed by atoms with Crippen molar-refractivity contribution in [3.63, 3.8) is 0 Å². The Hall–Kier alpha value is -16.4. The molecule has 4 aromatic heterocycles. The van der Waals surface area contributed by atoms with Gasteiger partial charge in [-0.05, 0) is 191 Å². The minimum atomic E-state index is 0.554. The fourth-order valence-electron chi connectivity index (χ4n) is 19.1. The molecule has 0 aliphatic rings. The topological polar surface area (TPSA) is 87.2 Å². The molecule has 0 spiro atoms. The highest BCUT2D eigenvalue weighted by Gasteiger charge is 2.31. The Balaban J connectivity index is 0.736. The molecule has 8 nitrogen and oxygen atoms in total. The van der Waals surface area contributed by atoms with E-state index in [1.807, 2.05) is 72.8 Å².